The molecule has 6 nitrogen and oxygen atoms in total. The van der Waals surface area contributed by atoms with E-state index in [4.69, 9.17) is 0 Å². The van der Waals surface area contributed by atoms with E-state index >= 15 is 0 Å². The van der Waals surface area contributed by atoms with Gasteiger partial charge in [-0.1, -0.05) is 12.8 Å². The van der Waals surface area contributed by atoms with Crippen LogP contribution >= 0.6 is 0 Å². The smallest absolute Gasteiger partial charge is 0.258 e. The lowest BCUT2D eigenvalue weighted by Gasteiger charge is -2.13. The van der Waals surface area contributed by atoms with E-state index in [0.717, 1.165) is 25.7 Å². The Kier molecular flexibility index (Phi) is 3.86. The SMILES string of the molecule is Cc1cc([N+](=O)[O-])ccc1S(=O)(=O)NC1CCCC1. The number of nitrogens with zero attached hydrogens (tertiary/aromatic N) is 1. The lowest BCUT2D eigenvalue weighted by Crippen LogP contribution is -2.33. The fourth-order valence-corrected chi connectivity index (χ4v) is 3.91. The van der Waals surface area contributed by atoms with Gasteiger partial charge >= 0.3 is 0 Å². The third-order valence-corrected chi connectivity index (χ3v) is 5.02. The molecule has 1 aliphatic rings. The number of rotatable bonds is 4. The van der Waals surface area contributed by atoms with Crippen LogP contribution in [0.25, 0.3) is 0 Å². The van der Waals surface area contributed by atoms with Crippen LogP contribution in [0, 0.1) is 17.0 Å². The van der Waals surface area contributed by atoms with Gasteiger partial charge < -0.3 is 0 Å². The normalized spacial score (nSPS) is 16.7. The van der Waals surface area contributed by atoms with Crippen LogP contribution in [-0.2, 0) is 10.0 Å². The lowest BCUT2D eigenvalue weighted by atomic mass is 10.2. The molecule has 1 aromatic rings. The quantitative estimate of drug-likeness (QED) is 0.677. The summed E-state index contributed by atoms with van der Waals surface area (Å²) in [6.45, 7) is 1.57. The van der Waals surface area contributed by atoms with Crippen LogP contribution in [0.15, 0.2) is 23.1 Å². The van der Waals surface area contributed by atoms with Gasteiger partial charge in [-0.25, -0.2) is 13.1 Å². The van der Waals surface area contributed by atoms with Crippen molar-refractivity contribution in [3.63, 3.8) is 0 Å². The number of nitro benzene ring substituents is 1. The van der Waals surface area contributed by atoms with Gasteiger partial charge in [-0.3, -0.25) is 10.1 Å². The Labute approximate surface area is 112 Å². The maximum atomic E-state index is 12.2. The molecule has 0 atom stereocenters. The maximum absolute atomic E-state index is 12.2. The molecule has 0 radical (unpaired) electrons. The van der Waals surface area contributed by atoms with E-state index < -0.39 is 14.9 Å². The summed E-state index contributed by atoms with van der Waals surface area (Å²) in [4.78, 5) is 10.2. The summed E-state index contributed by atoms with van der Waals surface area (Å²) < 4.78 is 27.1. The van der Waals surface area contributed by atoms with E-state index in [0.29, 0.717) is 5.56 Å². The van der Waals surface area contributed by atoms with E-state index in [1.54, 1.807) is 6.92 Å². The first-order valence-corrected chi connectivity index (χ1v) is 7.66. The second-order valence-electron chi connectivity index (χ2n) is 4.81. The fourth-order valence-electron chi connectivity index (χ4n) is 2.38. The van der Waals surface area contributed by atoms with Crippen molar-refractivity contribution in [1.29, 1.82) is 0 Å². The van der Waals surface area contributed by atoms with E-state index in [2.05, 4.69) is 4.72 Å². The Morgan fingerprint density at radius 1 is 1.32 bits per heavy atom. The van der Waals surface area contributed by atoms with Crippen LogP contribution in [0.4, 0.5) is 5.69 Å². The van der Waals surface area contributed by atoms with Crippen LogP contribution < -0.4 is 4.72 Å². The summed E-state index contributed by atoms with van der Waals surface area (Å²) in [5.74, 6) is 0. The molecular weight excluding hydrogens is 268 g/mol. The van der Waals surface area contributed by atoms with Gasteiger partial charge in [0.2, 0.25) is 10.0 Å². The minimum Gasteiger partial charge on any atom is -0.258 e. The number of hydrogen-bond acceptors (Lipinski definition) is 4. The molecule has 1 aromatic carbocycles. The van der Waals surface area contributed by atoms with E-state index in [1.807, 2.05) is 0 Å². The average molecular weight is 284 g/mol. The van der Waals surface area contributed by atoms with E-state index in [9.17, 15) is 18.5 Å². The van der Waals surface area contributed by atoms with Gasteiger partial charge in [0.25, 0.3) is 5.69 Å². The molecule has 0 bridgehead atoms. The fraction of sp³-hybridized carbons (Fsp3) is 0.500. The molecule has 7 heteroatoms. The lowest BCUT2D eigenvalue weighted by molar-refractivity contribution is -0.385. The Morgan fingerprint density at radius 2 is 1.95 bits per heavy atom. The minimum absolute atomic E-state index is 0.0143. The van der Waals surface area contributed by atoms with Crippen molar-refractivity contribution in [3.8, 4) is 0 Å². The number of hydrogen-bond donors (Lipinski definition) is 1. The second kappa shape index (κ2) is 5.26. The molecule has 0 amide bonds. The van der Waals surface area contributed by atoms with Crippen LogP contribution in [0.5, 0.6) is 0 Å². The zero-order valence-corrected chi connectivity index (χ0v) is 11.4. The van der Waals surface area contributed by atoms with Crippen molar-refractivity contribution in [2.75, 3.05) is 0 Å². The maximum Gasteiger partial charge on any atom is 0.269 e. The number of aryl methyl sites for hydroxylation is 1. The monoisotopic (exact) mass is 284 g/mol. The molecule has 0 spiro atoms. The summed E-state index contributed by atoms with van der Waals surface area (Å²) in [5.41, 5.74) is 0.289. The van der Waals surface area contributed by atoms with Gasteiger partial charge in [-0.05, 0) is 31.4 Å². The Morgan fingerprint density at radius 3 is 2.47 bits per heavy atom. The van der Waals surface area contributed by atoms with Crippen LogP contribution in [0.2, 0.25) is 0 Å². The summed E-state index contributed by atoms with van der Waals surface area (Å²) in [5, 5.41) is 10.6. The van der Waals surface area contributed by atoms with Crippen molar-refractivity contribution in [2.24, 2.45) is 0 Å². The highest BCUT2D eigenvalue weighted by Crippen LogP contribution is 2.24. The highest BCUT2D eigenvalue weighted by atomic mass is 32.2. The topological polar surface area (TPSA) is 89.3 Å². The molecule has 0 unspecified atom stereocenters. The number of benzene rings is 1. The van der Waals surface area contributed by atoms with Crippen LogP contribution in [0.3, 0.4) is 0 Å². The van der Waals surface area contributed by atoms with Crippen molar-refractivity contribution in [1.82, 2.24) is 4.72 Å². The van der Waals surface area contributed by atoms with Gasteiger partial charge in [-0.15, -0.1) is 0 Å². The second-order valence-corrected chi connectivity index (χ2v) is 6.49. The summed E-state index contributed by atoms with van der Waals surface area (Å²) in [6.07, 6.45) is 3.77. The molecule has 104 valence electrons. The molecular formula is C12H16N2O4S. The predicted octanol–water partition coefficient (Wildman–Crippen LogP) is 2.12. The number of nitrogens with one attached hydrogen (secondary N) is 1. The van der Waals surface area contributed by atoms with Gasteiger partial charge in [0.15, 0.2) is 0 Å². The molecule has 1 fully saturated rings. The molecule has 0 heterocycles. The van der Waals surface area contributed by atoms with E-state index in [-0.39, 0.29) is 16.6 Å². The standard InChI is InChI=1S/C12H16N2O4S/c1-9-8-11(14(15)16)6-7-12(9)19(17,18)13-10-4-2-3-5-10/h6-8,10,13H,2-5H2,1H3. The van der Waals surface area contributed by atoms with E-state index in [1.165, 1.54) is 18.2 Å². The predicted molar refractivity (Wildman–Crippen MR) is 70.4 cm³/mol. The van der Waals surface area contributed by atoms with Crippen molar-refractivity contribution in [3.05, 3.63) is 33.9 Å². The first-order valence-electron chi connectivity index (χ1n) is 6.17. The van der Waals surface area contributed by atoms with Crippen molar-refractivity contribution in [2.45, 2.75) is 43.5 Å². The molecule has 2 rings (SSSR count). The zero-order chi connectivity index (χ0) is 14.0. The highest BCUT2D eigenvalue weighted by Gasteiger charge is 2.24. The van der Waals surface area contributed by atoms with Crippen LogP contribution in [-0.4, -0.2) is 19.4 Å². The molecule has 1 N–H and O–H groups in total. The third kappa shape index (κ3) is 3.10. The first kappa shape index (κ1) is 14.0. The molecule has 1 aliphatic carbocycles. The van der Waals surface area contributed by atoms with Crippen LogP contribution in [0.1, 0.15) is 31.2 Å². The average Bonchev–Trinajstić information content (AvgIpc) is 2.80. The van der Waals surface area contributed by atoms with Gasteiger partial charge in [0.1, 0.15) is 0 Å². The van der Waals surface area contributed by atoms with Gasteiger partial charge in [0, 0.05) is 18.2 Å². The molecule has 0 aliphatic heterocycles. The van der Waals surface area contributed by atoms with Gasteiger partial charge in [-0.2, -0.15) is 0 Å². The van der Waals surface area contributed by atoms with Gasteiger partial charge in [0.05, 0.1) is 9.82 Å². The largest absolute Gasteiger partial charge is 0.269 e. The summed E-state index contributed by atoms with van der Waals surface area (Å²) in [7, 11) is -3.59. The summed E-state index contributed by atoms with van der Waals surface area (Å²) in [6, 6.07) is 3.78. The Balaban J connectivity index is 2.27. The molecule has 1 saturated carbocycles. The molecule has 0 saturated heterocycles. The first-order chi connectivity index (χ1) is 8.90. The number of non-ortho nitro benzene ring substituents is 1. The minimum atomic E-state index is -3.59. The van der Waals surface area contributed by atoms with Crippen molar-refractivity contribution >= 4 is 15.7 Å². The summed E-state index contributed by atoms with van der Waals surface area (Å²) >= 11 is 0. The number of sulfonamides is 1. The third-order valence-electron chi connectivity index (χ3n) is 3.34. The number of nitro groups is 1. The Hall–Kier alpha value is -1.47. The molecule has 19 heavy (non-hydrogen) atoms. The Bertz CT molecular complexity index is 592. The molecule has 0 aromatic heterocycles. The zero-order valence-electron chi connectivity index (χ0n) is 10.6. The van der Waals surface area contributed by atoms with Crippen molar-refractivity contribution < 1.29 is 13.3 Å². The highest BCUT2D eigenvalue weighted by molar-refractivity contribution is 7.89.